The van der Waals surface area contributed by atoms with Crippen LogP contribution < -0.4 is 4.72 Å². The lowest BCUT2D eigenvalue weighted by molar-refractivity contribution is 0.0789. The van der Waals surface area contributed by atoms with Gasteiger partial charge in [0.1, 0.15) is 0 Å². The van der Waals surface area contributed by atoms with Gasteiger partial charge in [0, 0.05) is 24.0 Å². The van der Waals surface area contributed by atoms with Crippen LogP contribution in [0.3, 0.4) is 0 Å². The van der Waals surface area contributed by atoms with Crippen molar-refractivity contribution in [3.05, 3.63) is 58.7 Å². The van der Waals surface area contributed by atoms with E-state index in [1.54, 1.807) is 12.1 Å². The number of fused-ring (bicyclic) bond motifs is 1. The average Bonchev–Trinajstić information content (AvgIpc) is 3.43. The Hall–Kier alpha value is -1.83. The fraction of sp³-hybridized carbons (Fsp3) is 0.435. The maximum Gasteiger partial charge on any atom is 0.255 e. The summed E-state index contributed by atoms with van der Waals surface area (Å²) in [5, 5.41) is 0. The molecule has 30 heavy (non-hydrogen) atoms. The summed E-state index contributed by atoms with van der Waals surface area (Å²) in [6.07, 6.45) is 7.22. The molecular weight excluding hydrogens is 416 g/mol. The van der Waals surface area contributed by atoms with Crippen molar-refractivity contribution >= 4 is 27.7 Å². The molecule has 1 heterocycles. The summed E-state index contributed by atoms with van der Waals surface area (Å²) in [5.41, 5.74) is 4.12. The van der Waals surface area contributed by atoms with E-state index in [4.69, 9.17) is 0 Å². The highest BCUT2D eigenvalue weighted by atomic mass is 32.2. The molecule has 4 rings (SSSR count). The van der Waals surface area contributed by atoms with E-state index in [9.17, 15) is 13.2 Å². The number of carbonyl (C=O) groups excluding carboxylic acids is 1. The van der Waals surface area contributed by atoms with Crippen molar-refractivity contribution in [2.24, 2.45) is 0 Å². The minimum atomic E-state index is -3.76. The summed E-state index contributed by atoms with van der Waals surface area (Å²) in [6.45, 7) is 3.33. The number of nitrogens with one attached hydrogen (secondary N) is 1. The van der Waals surface area contributed by atoms with E-state index >= 15 is 0 Å². The summed E-state index contributed by atoms with van der Waals surface area (Å²) in [6, 6.07) is 10.8. The van der Waals surface area contributed by atoms with Gasteiger partial charge in [-0.25, -0.2) is 13.1 Å². The first-order valence-corrected chi connectivity index (χ1v) is 13.2. The van der Waals surface area contributed by atoms with Gasteiger partial charge in [-0.05, 0) is 80.2 Å². The van der Waals surface area contributed by atoms with Crippen LogP contribution in [0.1, 0.15) is 59.3 Å². The number of thioether (sulfide) groups is 1. The molecule has 5 nitrogen and oxygen atoms in total. The monoisotopic (exact) mass is 444 g/mol. The Morgan fingerprint density at radius 3 is 2.50 bits per heavy atom. The third kappa shape index (κ3) is 4.29. The molecule has 0 spiro atoms. The first-order valence-electron chi connectivity index (χ1n) is 10.5. The Labute approximate surface area is 183 Å². The molecule has 1 aliphatic heterocycles. The molecule has 160 valence electrons. The Kier molecular flexibility index (Phi) is 6.23. The lowest BCUT2D eigenvalue weighted by Crippen LogP contribution is -2.29. The lowest BCUT2D eigenvalue weighted by atomic mass is 10.0. The molecule has 0 bridgehead atoms. The smallest absolute Gasteiger partial charge is 0.255 e. The number of nitrogens with zero attached hydrogens (tertiary/aromatic N) is 1. The van der Waals surface area contributed by atoms with Crippen LogP contribution in [0.2, 0.25) is 0 Å². The zero-order chi connectivity index (χ0) is 21.3. The van der Waals surface area contributed by atoms with Gasteiger partial charge in [-0.1, -0.05) is 18.2 Å². The molecule has 1 saturated heterocycles. The molecular formula is C23H28N2O3S2. The van der Waals surface area contributed by atoms with Crippen LogP contribution in [0.4, 0.5) is 0 Å². The first kappa shape index (κ1) is 21.4. The number of hydrogen-bond acceptors (Lipinski definition) is 4. The number of rotatable bonds is 6. The lowest BCUT2D eigenvalue weighted by Gasteiger charge is -2.19. The fourth-order valence-corrected chi connectivity index (χ4v) is 6.17. The van der Waals surface area contributed by atoms with E-state index in [0.29, 0.717) is 5.56 Å². The van der Waals surface area contributed by atoms with E-state index < -0.39 is 10.0 Å². The number of likely N-dealkylation sites (tertiary alicyclic amines) is 1. The quantitative estimate of drug-likeness (QED) is 0.679. The van der Waals surface area contributed by atoms with Crippen LogP contribution in [0.5, 0.6) is 0 Å². The normalized spacial score (nSPS) is 17.2. The van der Waals surface area contributed by atoms with Gasteiger partial charge in [-0.15, -0.1) is 11.8 Å². The minimum absolute atomic E-state index is 0.0828. The SMILES string of the molecule is CSc1ccc(S(=O)(=O)NC(C)c2ccc3c(c2)CCC3)cc1C(=O)N1CCCC1. The maximum absolute atomic E-state index is 13.1. The maximum atomic E-state index is 13.1. The predicted octanol–water partition coefficient (Wildman–Crippen LogP) is 4.17. The van der Waals surface area contributed by atoms with E-state index in [0.717, 1.165) is 55.7 Å². The second kappa shape index (κ2) is 8.73. The molecule has 1 amide bonds. The summed E-state index contributed by atoms with van der Waals surface area (Å²) in [4.78, 5) is 15.7. The topological polar surface area (TPSA) is 66.5 Å². The summed E-state index contributed by atoms with van der Waals surface area (Å²) >= 11 is 1.46. The zero-order valence-electron chi connectivity index (χ0n) is 17.5. The Morgan fingerprint density at radius 1 is 1.03 bits per heavy atom. The van der Waals surface area contributed by atoms with Crippen LogP contribution in [-0.4, -0.2) is 38.6 Å². The summed E-state index contributed by atoms with van der Waals surface area (Å²) in [5.74, 6) is -0.0828. The first-order chi connectivity index (χ1) is 14.4. The van der Waals surface area contributed by atoms with E-state index in [2.05, 4.69) is 16.9 Å². The van der Waals surface area contributed by atoms with Gasteiger partial charge in [0.05, 0.1) is 10.5 Å². The molecule has 2 aliphatic rings. The number of aryl methyl sites for hydroxylation is 2. The van der Waals surface area contributed by atoms with Gasteiger partial charge in [0.25, 0.3) is 5.91 Å². The van der Waals surface area contributed by atoms with Crippen molar-refractivity contribution in [2.45, 2.75) is 54.9 Å². The van der Waals surface area contributed by atoms with Crippen molar-refractivity contribution in [1.29, 1.82) is 0 Å². The van der Waals surface area contributed by atoms with Gasteiger partial charge in [-0.2, -0.15) is 0 Å². The predicted molar refractivity (Wildman–Crippen MR) is 121 cm³/mol. The van der Waals surface area contributed by atoms with Crippen molar-refractivity contribution in [1.82, 2.24) is 9.62 Å². The van der Waals surface area contributed by atoms with Crippen molar-refractivity contribution in [3.8, 4) is 0 Å². The van der Waals surface area contributed by atoms with Crippen LogP contribution in [0.25, 0.3) is 0 Å². The third-order valence-electron chi connectivity index (χ3n) is 6.06. The summed E-state index contributed by atoms with van der Waals surface area (Å²) < 4.78 is 29.0. The number of hydrogen-bond donors (Lipinski definition) is 1. The molecule has 0 radical (unpaired) electrons. The Bertz CT molecular complexity index is 1060. The van der Waals surface area contributed by atoms with Crippen molar-refractivity contribution in [3.63, 3.8) is 0 Å². The molecule has 0 saturated carbocycles. The number of carbonyl (C=O) groups is 1. The molecule has 1 N–H and O–H groups in total. The summed E-state index contributed by atoms with van der Waals surface area (Å²) in [7, 11) is -3.76. The van der Waals surface area contributed by atoms with Gasteiger partial charge < -0.3 is 4.90 Å². The van der Waals surface area contributed by atoms with E-state index in [-0.39, 0.29) is 16.8 Å². The molecule has 1 atom stereocenters. The molecule has 1 unspecified atom stereocenters. The highest BCUT2D eigenvalue weighted by Gasteiger charge is 2.25. The highest BCUT2D eigenvalue weighted by Crippen LogP contribution is 2.28. The van der Waals surface area contributed by atoms with Crippen LogP contribution in [0.15, 0.2) is 46.2 Å². The highest BCUT2D eigenvalue weighted by molar-refractivity contribution is 7.98. The molecule has 7 heteroatoms. The zero-order valence-corrected chi connectivity index (χ0v) is 19.1. The van der Waals surface area contributed by atoms with Crippen LogP contribution in [0, 0.1) is 0 Å². The van der Waals surface area contributed by atoms with Crippen molar-refractivity contribution in [2.75, 3.05) is 19.3 Å². The number of amides is 1. The van der Waals surface area contributed by atoms with E-state index in [1.807, 2.05) is 24.1 Å². The second-order valence-electron chi connectivity index (χ2n) is 8.09. The second-order valence-corrected chi connectivity index (χ2v) is 10.6. The van der Waals surface area contributed by atoms with Crippen LogP contribution >= 0.6 is 11.8 Å². The fourth-order valence-electron chi connectivity index (χ4n) is 4.34. The molecule has 0 aromatic heterocycles. The Morgan fingerprint density at radius 2 is 1.77 bits per heavy atom. The van der Waals surface area contributed by atoms with Gasteiger partial charge in [-0.3, -0.25) is 4.79 Å². The Balaban J connectivity index is 1.59. The number of benzene rings is 2. The number of sulfonamides is 1. The van der Waals surface area contributed by atoms with E-state index in [1.165, 1.54) is 29.0 Å². The molecule has 1 aliphatic carbocycles. The third-order valence-corrected chi connectivity index (χ3v) is 8.39. The molecule has 2 aromatic carbocycles. The minimum Gasteiger partial charge on any atom is -0.339 e. The van der Waals surface area contributed by atoms with Gasteiger partial charge >= 0.3 is 0 Å². The average molecular weight is 445 g/mol. The van der Waals surface area contributed by atoms with Crippen LogP contribution in [-0.2, 0) is 22.9 Å². The molecule has 1 fully saturated rings. The van der Waals surface area contributed by atoms with Gasteiger partial charge in [0.2, 0.25) is 10.0 Å². The van der Waals surface area contributed by atoms with Crippen molar-refractivity contribution < 1.29 is 13.2 Å². The largest absolute Gasteiger partial charge is 0.339 e. The molecule has 2 aromatic rings. The standard InChI is InChI=1S/C23H28N2O3S2/c1-16(18-9-8-17-6-5-7-19(17)14-18)24-30(27,28)20-10-11-22(29-2)21(15-20)23(26)25-12-3-4-13-25/h8-11,14-16,24H,3-7,12-13H2,1-2H3. The van der Waals surface area contributed by atoms with Gasteiger partial charge in [0.15, 0.2) is 0 Å².